The minimum absolute atomic E-state index is 0.132. The van der Waals surface area contributed by atoms with Gasteiger partial charge in [0.1, 0.15) is 0 Å². The molecule has 0 aromatic carbocycles. The van der Waals surface area contributed by atoms with E-state index in [0.717, 1.165) is 17.8 Å². The Balaban J connectivity index is 2.92. The fraction of sp³-hybridized carbons (Fsp3) is 0.455. The zero-order chi connectivity index (χ0) is 12.1. The van der Waals surface area contributed by atoms with E-state index in [1.54, 1.807) is 12.3 Å². The van der Waals surface area contributed by atoms with Crippen molar-refractivity contribution in [3.63, 3.8) is 0 Å². The van der Waals surface area contributed by atoms with Crippen LogP contribution in [0.5, 0.6) is 0 Å². The lowest BCUT2D eigenvalue weighted by Gasteiger charge is -2.16. The Bertz CT molecular complexity index is 424. The third kappa shape index (κ3) is 2.93. The average Bonchev–Trinajstić information content (AvgIpc) is 2.30. The molecule has 88 valence electrons. The molecular formula is C11H18N4O. The first-order chi connectivity index (χ1) is 7.58. The van der Waals surface area contributed by atoms with Crippen LogP contribution in [0, 0.1) is 0 Å². The van der Waals surface area contributed by atoms with E-state index < -0.39 is 0 Å². The third-order valence-electron chi connectivity index (χ3n) is 2.43. The summed E-state index contributed by atoms with van der Waals surface area (Å²) in [5.41, 5.74) is 6.89. The zero-order valence-corrected chi connectivity index (χ0v) is 9.81. The van der Waals surface area contributed by atoms with Crippen molar-refractivity contribution in [1.29, 1.82) is 0 Å². The number of nitrogens with zero attached hydrogens (tertiary/aromatic N) is 3. The van der Waals surface area contributed by atoms with E-state index in [-0.39, 0.29) is 5.56 Å². The summed E-state index contributed by atoms with van der Waals surface area (Å²) in [6.45, 7) is 7.34. The number of anilines is 1. The molecular weight excluding hydrogens is 204 g/mol. The molecule has 0 spiro atoms. The summed E-state index contributed by atoms with van der Waals surface area (Å²) in [6.07, 6.45) is 1.68. The molecule has 1 rings (SSSR count). The van der Waals surface area contributed by atoms with Crippen molar-refractivity contribution in [2.45, 2.75) is 13.5 Å². The molecule has 0 saturated carbocycles. The number of rotatable bonds is 5. The maximum Gasteiger partial charge on any atom is 0.269 e. The molecule has 0 amide bonds. The summed E-state index contributed by atoms with van der Waals surface area (Å²) in [5.74, 6) is 0. The van der Waals surface area contributed by atoms with Crippen molar-refractivity contribution >= 4 is 5.69 Å². The second kappa shape index (κ2) is 5.46. The van der Waals surface area contributed by atoms with Gasteiger partial charge < -0.3 is 10.6 Å². The third-order valence-corrected chi connectivity index (χ3v) is 2.43. The van der Waals surface area contributed by atoms with Gasteiger partial charge in [-0.05, 0) is 12.5 Å². The van der Waals surface area contributed by atoms with Gasteiger partial charge in [-0.15, -0.1) is 0 Å². The quantitative estimate of drug-likeness (QED) is 0.724. The van der Waals surface area contributed by atoms with Crippen LogP contribution in [-0.4, -0.2) is 29.9 Å². The number of hydrogen-bond donors (Lipinski definition) is 1. The van der Waals surface area contributed by atoms with Crippen molar-refractivity contribution in [3.8, 4) is 0 Å². The fourth-order valence-electron chi connectivity index (χ4n) is 1.21. The molecule has 1 aromatic rings. The maximum absolute atomic E-state index is 11.7. The van der Waals surface area contributed by atoms with Gasteiger partial charge in [0.15, 0.2) is 0 Å². The number of hydrogen-bond acceptors (Lipinski definition) is 4. The first-order valence-corrected chi connectivity index (χ1v) is 5.23. The summed E-state index contributed by atoms with van der Waals surface area (Å²) in [7, 11) is 1.92. The Kier molecular flexibility index (Phi) is 4.25. The fourth-order valence-corrected chi connectivity index (χ4v) is 1.21. The molecule has 0 bridgehead atoms. The minimum atomic E-state index is -0.132. The Hall–Kier alpha value is -1.62. The first kappa shape index (κ1) is 12.4. The molecule has 5 heteroatoms. The molecule has 0 fully saturated rings. The SMILES string of the molecule is C=C(CN)Cn1ncc(N(C)CC)cc1=O. The van der Waals surface area contributed by atoms with Crippen LogP contribution in [0.3, 0.4) is 0 Å². The van der Waals surface area contributed by atoms with E-state index in [2.05, 4.69) is 11.7 Å². The zero-order valence-electron chi connectivity index (χ0n) is 9.81. The molecule has 5 nitrogen and oxygen atoms in total. The number of nitrogens with two attached hydrogens (primary N) is 1. The average molecular weight is 222 g/mol. The van der Waals surface area contributed by atoms with Gasteiger partial charge in [-0.2, -0.15) is 5.10 Å². The highest BCUT2D eigenvalue weighted by atomic mass is 16.1. The summed E-state index contributed by atoms with van der Waals surface area (Å²) in [5, 5.41) is 4.08. The van der Waals surface area contributed by atoms with Crippen LogP contribution in [0.1, 0.15) is 6.92 Å². The highest BCUT2D eigenvalue weighted by Gasteiger charge is 2.03. The van der Waals surface area contributed by atoms with E-state index in [4.69, 9.17) is 5.73 Å². The van der Waals surface area contributed by atoms with Crippen molar-refractivity contribution in [2.75, 3.05) is 25.0 Å². The lowest BCUT2D eigenvalue weighted by molar-refractivity contribution is 0.625. The van der Waals surface area contributed by atoms with Crippen LogP contribution < -0.4 is 16.2 Å². The summed E-state index contributed by atoms with van der Waals surface area (Å²) in [4.78, 5) is 13.7. The van der Waals surface area contributed by atoms with Crippen LogP contribution in [-0.2, 0) is 6.54 Å². The van der Waals surface area contributed by atoms with Gasteiger partial charge in [-0.25, -0.2) is 4.68 Å². The molecule has 0 aliphatic rings. The molecule has 0 radical (unpaired) electrons. The van der Waals surface area contributed by atoms with Crippen molar-refractivity contribution < 1.29 is 0 Å². The molecule has 1 aromatic heterocycles. The lowest BCUT2D eigenvalue weighted by atomic mass is 10.3. The molecule has 0 aliphatic carbocycles. The van der Waals surface area contributed by atoms with Gasteiger partial charge in [0.2, 0.25) is 0 Å². The van der Waals surface area contributed by atoms with E-state index in [1.165, 1.54) is 4.68 Å². The van der Waals surface area contributed by atoms with Gasteiger partial charge in [0.05, 0.1) is 18.4 Å². The minimum Gasteiger partial charge on any atom is -0.373 e. The predicted octanol–water partition coefficient (Wildman–Crippen LogP) is 0.214. The Labute approximate surface area is 95.2 Å². The number of aromatic nitrogens is 2. The summed E-state index contributed by atoms with van der Waals surface area (Å²) in [6, 6.07) is 1.57. The van der Waals surface area contributed by atoms with Crippen LogP contribution in [0.4, 0.5) is 5.69 Å². The second-order valence-corrected chi connectivity index (χ2v) is 3.68. The molecule has 0 saturated heterocycles. The van der Waals surface area contributed by atoms with E-state index in [1.807, 2.05) is 18.9 Å². The smallest absolute Gasteiger partial charge is 0.269 e. The Morgan fingerprint density at radius 3 is 2.88 bits per heavy atom. The van der Waals surface area contributed by atoms with Crippen molar-refractivity contribution in [1.82, 2.24) is 9.78 Å². The molecule has 0 atom stereocenters. The maximum atomic E-state index is 11.7. The van der Waals surface area contributed by atoms with Crippen molar-refractivity contribution in [2.24, 2.45) is 5.73 Å². The van der Waals surface area contributed by atoms with Crippen LogP contribution in [0.25, 0.3) is 0 Å². The van der Waals surface area contributed by atoms with Gasteiger partial charge in [-0.1, -0.05) is 6.58 Å². The van der Waals surface area contributed by atoms with E-state index >= 15 is 0 Å². The topological polar surface area (TPSA) is 64.2 Å². The van der Waals surface area contributed by atoms with Gasteiger partial charge in [0, 0.05) is 26.2 Å². The lowest BCUT2D eigenvalue weighted by Crippen LogP contribution is -2.27. The van der Waals surface area contributed by atoms with E-state index in [0.29, 0.717) is 13.1 Å². The van der Waals surface area contributed by atoms with Crippen LogP contribution in [0.15, 0.2) is 29.2 Å². The molecule has 2 N–H and O–H groups in total. The Morgan fingerprint density at radius 1 is 1.69 bits per heavy atom. The van der Waals surface area contributed by atoms with Crippen LogP contribution >= 0.6 is 0 Å². The molecule has 0 aliphatic heterocycles. The molecule has 0 unspecified atom stereocenters. The summed E-state index contributed by atoms with van der Waals surface area (Å²) >= 11 is 0. The van der Waals surface area contributed by atoms with Crippen molar-refractivity contribution in [3.05, 3.63) is 34.8 Å². The molecule has 1 heterocycles. The largest absolute Gasteiger partial charge is 0.373 e. The predicted molar refractivity (Wildman–Crippen MR) is 65.6 cm³/mol. The van der Waals surface area contributed by atoms with Gasteiger partial charge in [-0.3, -0.25) is 4.79 Å². The van der Waals surface area contributed by atoms with E-state index in [9.17, 15) is 4.79 Å². The second-order valence-electron chi connectivity index (χ2n) is 3.68. The highest BCUT2D eigenvalue weighted by Crippen LogP contribution is 2.05. The summed E-state index contributed by atoms with van der Waals surface area (Å²) < 4.78 is 1.36. The normalized spacial score (nSPS) is 10.2. The van der Waals surface area contributed by atoms with Gasteiger partial charge >= 0.3 is 0 Å². The highest BCUT2D eigenvalue weighted by molar-refractivity contribution is 5.41. The Morgan fingerprint density at radius 2 is 2.38 bits per heavy atom. The van der Waals surface area contributed by atoms with Gasteiger partial charge in [0.25, 0.3) is 5.56 Å². The monoisotopic (exact) mass is 222 g/mol. The standard InChI is InChI=1S/C11H18N4O/c1-4-14(3)10-5-11(16)15(13-7-10)8-9(2)6-12/h5,7H,2,4,6,8,12H2,1,3H3. The first-order valence-electron chi connectivity index (χ1n) is 5.23. The molecule has 16 heavy (non-hydrogen) atoms. The van der Waals surface area contributed by atoms with Crippen LogP contribution in [0.2, 0.25) is 0 Å².